The van der Waals surface area contributed by atoms with Crippen LogP contribution in [0.25, 0.3) is 0 Å². The SMILES string of the molecule is COC(=O)/C(=C/CCC/C(=N/NC(C)=O)C(=O)OC(C)C)OC. The first-order chi connectivity index (χ1) is 10.8. The third kappa shape index (κ3) is 9.28. The van der Waals surface area contributed by atoms with Gasteiger partial charge < -0.3 is 14.2 Å². The van der Waals surface area contributed by atoms with Gasteiger partial charge in [0.1, 0.15) is 5.71 Å². The monoisotopic (exact) mass is 328 g/mol. The molecule has 0 aromatic rings. The van der Waals surface area contributed by atoms with Gasteiger partial charge in [0, 0.05) is 6.92 Å². The first-order valence-corrected chi connectivity index (χ1v) is 7.18. The highest BCUT2D eigenvalue weighted by atomic mass is 16.6. The molecule has 0 rings (SSSR count). The third-order valence-electron chi connectivity index (χ3n) is 2.48. The van der Waals surface area contributed by atoms with Crippen LogP contribution in [-0.2, 0) is 28.6 Å². The van der Waals surface area contributed by atoms with Gasteiger partial charge in [0.2, 0.25) is 5.91 Å². The number of methoxy groups -OCH3 is 2. The summed E-state index contributed by atoms with van der Waals surface area (Å²) in [6.07, 6.45) is 2.53. The summed E-state index contributed by atoms with van der Waals surface area (Å²) < 4.78 is 14.5. The van der Waals surface area contributed by atoms with E-state index in [9.17, 15) is 14.4 Å². The molecule has 130 valence electrons. The number of esters is 2. The maximum Gasteiger partial charge on any atom is 0.372 e. The van der Waals surface area contributed by atoms with Crippen LogP contribution in [0.15, 0.2) is 16.9 Å². The quantitative estimate of drug-likeness (QED) is 0.171. The van der Waals surface area contributed by atoms with Crippen molar-refractivity contribution in [1.29, 1.82) is 0 Å². The molecule has 0 aromatic carbocycles. The summed E-state index contributed by atoms with van der Waals surface area (Å²) in [6, 6.07) is 0. The molecule has 0 aromatic heterocycles. The number of ether oxygens (including phenoxy) is 3. The molecule has 0 unspecified atom stereocenters. The Hall–Kier alpha value is -2.38. The van der Waals surface area contributed by atoms with Crippen LogP contribution in [0.3, 0.4) is 0 Å². The molecule has 1 amide bonds. The predicted octanol–water partition coefficient (Wildman–Crippen LogP) is 1.30. The Bertz CT molecular complexity index is 482. The number of rotatable bonds is 9. The number of hydrogen-bond donors (Lipinski definition) is 1. The van der Waals surface area contributed by atoms with E-state index in [4.69, 9.17) is 9.47 Å². The van der Waals surface area contributed by atoms with Gasteiger partial charge in [0.05, 0.1) is 20.3 Å². The third-order valence-corrected chi connectivity index (χ3v) is 2.48. The molecular weight excluding hydrogens is 304 g/mol. The minimum atomic E-state index is -0.585. The smallest absolute Gasteiger partial charge is 0.372 e. The number of amides is 1. The van der Waals surface area contributed by atoms with Crippen LogP contribution < -0.4 is 5.43 Å². The molecule has 0 aliphatic rings. The highest BCUT2D eigenvalue weighted by Gasteiger charge is 2.15. The van der Waals surface area contributed by atoms with Gasteiger partial charge >= 0.3 is 11.9 Å². The first-order valence-electron chi connectivity index (χ1n) is 7.18. The summed E-state index contributed by atoms with van der Waals surface area (Å²) >= 11 is 0. The number of carbonyl (C=O) groups is 3. The largest absolute Gasteiger partial charge is 0.490 e. The van der Waals surface area contributed by atoms with Gasteiger partial charge in [0.15, 0.2) is 5.76 Å². The molecule has 0 fully saturated rings. The maximum atomic E-state index is 11.9. The van der Waals surface area contributed by atoms with Crippen molar-refractivity contribution in [3.05, 3.63) is 11.8 Å². The van der Waals surface area contributed by atoms with E-state index >= 15 is 0 Å². The summed E-state index contributed by atoms with van der Waals surface area (Å²) in [5, 5.41) is 3.76. The summed E-state index contributed by atoms with van der Waals surface area (Å²) in [5.41, 5.74) is 2.33. The Morgan fingerprint density at radius 3 is 2.26 bits per heavy atom. The molecule has 0 spiro atoms. The molecule has 0 aliphatic heterocycles. The Morgan fingerprint density at radius 2 is 1.78 bits per heavy atom. The van der Waals surface area contributed by atoms with Crippen molar-refractivity contribution in [2.24, 2.45) is 5.10 Å². The Kier molecular flexibility index (Phi) is 10.1. The average molecular weight is 328 g/mol. The van der Waals surface area contributed by atoms with Crippen LogP contribution in [0.4, 0.5) is 0 Å². The predicted molar refractivity (Wildman–Crippen MR) is 83.4 cm³/mol. The van der Waals surface area contributed by atoms with E-state index in [0.717, 1.165) is 0 Å². The van der Waals surface area contributed by atoms with Crippen molar-refractivity contribution in [3.63, 3.8) is 0 Å². The lowest BCUT2D eigenvalue weighted by atomic mass is 10.1. The Balaban J connectivity index is 4.69. The lowest BCUT2D eigenvalue weighted by Gasteiger charge is -2.10. The van der Waals surface area contributed by atoms with Crippen LogP contribution >= 0.6 is 0 Å². The molecular formula is C15H24N2O6. The van der Waals surface area contributed by atoms with Gasteiger partial charge in [-0.15, -0.1) is 0 Å². The highest BCUT2D eigenvalue weighted by molar-refractivity contribution is 6.36. The molecule has 8 nitrogen and oxygen atoms in total. The zero-order valence-corrected chi connectivity index (χ0v) is 14.2. The van der Waals surface area contributed by atoms with Crippen LogP contribution in [0.2, 0.25) is 0 Å². The molecule has 0 aliphatic carbocycles. The normalized spacial score (nSPS) is 11.9. The average Bonchev–Trinajstić information content (AvgIpc) is 2.48. The van der Waals surface area contributed by atoms with Gasteiger partial charge in [-0.05, 0) is 39.2 Å². The zero-order valence-electron chi connectivity index (χ0n) is 14.2. The number of hydrazone groups is 1. The second-order valence-electron chi connectivity index (χ2n) is 4.84. The first kappa shape index (κ1) is 20.6. The Labute approximate surface area is 135 Å². The summed E-state index contributed by atoms with van der Waals surface area (Å²) in [5.74, 6) is -1.44. The Morgan fingerprint density at radius 1 is 1.13 bits per heavy atom. The number of nitrogens with one attached hydrogen (secondary N) is 1. The van der Waals surface area contributed by atoms with Crippen molar-refractivity contribution < 1.29 is 28.6 Å². The zero-order chi connectivity index (χ0) is 17.8. The van der Waals surface area contributed by atoms with Gasteiger partial charge in [-0.25, -0.2) is 15.0 Å². The molecule has 0 saturated heterocycles. The minimum absolute atomic E-state index is 0.0950. The van der Waals surface area contributed by atoms with Gasteiger partial charge in [-0.2, -0.15) is 5.10 Å². The number of nitrogens with zero attached hydrogens (tertiary/aromatic N) is 1. The molecule has 0 bridgehead atoms. The fraction of sp³-hybridized carbons (Fsp3) is 0.600. The summed E-state index contributed by atoms with van der Waals surface area (Å²) in [6.45, 7) is 4.73. The molecule has 0 saturated carbocycles. The summed E-state index contributed by atoms with van der Waals surface area (Å²) in [4.78, 5) is 34.1. The molecule has 23 heavy (non-hydrogen) atoms. The van der Waals surface area contributed by atoms with Crippen molar-refractivity contribution in [3.8, 4) is 0 Å². The molecule has 0 atom stereocenters. The van der Waals surface area contributed by atoms with Crippen LogP contribution in [0.1, 0.15) is 40.0 Å². The van der Waals surface area contributed by atoms with E-state index in [2.05, 4.69) is 15.3 Å². The maximum absolute atomic E-state index is 11.9. The van der Waals surface area contributed by atoms with Crippen LogP contribution in [-0.4, -0.2) is 43.9 Å². The van der Waals surface area contributed by atoms with Gasteiger partial charge in [-0.3, -0.25) is 4.79 Å². The van der Waals surface area contributed by atoms with Crippen molar-refractivity contribution in [2.75, 3.05) is 14.2 Å². The fourth-order valence-electron chi connectivity index (χ4n) is 1.49. The lowest BCUT2D eigenvalue weighted by molar-refractivity contribution is -0.140. The molecule has 1 N–H and O–H groups in total. The summed E-state index contributed by atoms with van der Waals surface area (Å²) in [7, 11) is 2.63. The highest BCUT2D eigenvalue weighted by Crippen LogP contribution is 2.06. The van der Waals surface area contributed by atoms with E-state index in [1.165, 1.54) is 21.1 Å². The van der Waals surface area contributed by atoms with E-state index < -0.39 is 11.9 Å². The van der Waals surface area contributed by atoms with Crippen LogP contribution in [0.5, 0.6) is 0 Å². The van der Waals surface area contributed by atoms with Gasteiger partial charge in [-0.1, -0.05) is 0 Å². The number of hydrogen-bond acceptors (Lipinski definition) is 7. The lowest BCUT2D eigenvalue weighted by Crippen LogP contribution is -2.25. The van der Waals surface area contributed by atoms with E-state index in [1.54, 1.807) is 19.9 Å². The number of allylic oxidation sites excluding steroid dienone is 1. The standard InChI is InChI=1S/C15H24N2O6/c1-10(2)23-14(19)12(17-16-11(3)18)8-6-7-9-13(21-4)15(20)22-5/h9-10H,6-8H2,1-5H3,(H,16,18)/b13-9-,17-12-. The molecule has 0 radical (unpaired) electrons. The molecule has 0 heterocycles. The number of unbranched alkanes of at least 4 members (excludes halogenated alkanes) is 1. The van der Waals surface area contributed by atoms with E-state index in [-0.39, 0.29) is 29.9 Å². The molecule has 8 heteroatoms. The second-order valence-corrected chi connectivity index (χ2v) is 4.84. The topological polar surface area (TPSA) is 103 Å². The van der Waals surface area contributed by atoms with Crippen LogP contribution in [0, 0.1) is 0 Å². The van der Waals surface area contributed by atoms with Gasteiger partial charge in [0.25, 0.3) is 0 Å². The fourth-order valence-corrected chi connectivity index (χ4v) is 1.49. The van der Waals surface area contributed by atoms with E-state index in [1.807, 2.05) is 0 Å². The minimum Gasteiger partial charge on any atom is -0.490 e. The second kappa shape index (κ2) is 11.2. The van der Waals surface area contributed by atoms with Crippen molar-refractivity contribution in [1.82, 2.24) is 5.43 Å². The number of carbonyl (C=O) groups excluding carboxylic acids is 3. The van der Waals surface area contributed by atoms with Crippen molar-refractivity contribution in [2.45, 2.75) is 46.1 Å². The van der Waals surface area contributed by atoms with Crippen molar-refractivity contribution >= 4 is 23.6 Å². The van der Waals surface area contributed by atoms with E-state index in [0.29, 0.717) is 12.8 Å².